The molecule has 0 aliphatic carbocycles. The van der Waals surface area contributed by atoms with Crippen LogP contribution in [0.5, 0.6) is 0 Å². The quantitative estimate of drug-likeness (QED) is 0.850. The van der Waals surface area contributed by atoms with E-state index in [0.717, 1.165) is 19.3 Å². The summed E-state index contributed by atoms with van der Waals surface area (Å²) in [7, 11) is 0. The molecular weight excluding hydrogens is 275 g/mol. The minimum Gasteiger partial charge on any atom is -0.394 e. The fourth-order valence-corrected chi connectivity index (χ4v) is 2.53. The van der Waals surface area contributed by atoms with Gasteiger partial charge in [0.05, 0.1) is 23.2 Å². The molecular formula is C12H14Cl2N2O2. The number of hydrogen-bond donors (Lipinski definition) is 1. The number of aromatic nitrogens is 1. The first-order valence-electron chi connectivity index (χ1n) is 5.86. The zero-order valence-corrected chi connectivity index (χ0v) is 11.3. The molecule has 2 heterocycles. The highest BCUT2D eigenvalue weighted by atomic mass is 35.5. The predicted molar refractivity (Wildman–Crippen MR) is 70.0 cm³/mol. The van der Waals surface area contributed by atoms with Crippen LogP contribution in [0.4, 0.5) is 0 Å². The molecule has 4 nitrogen and oxygen atoms in total. The van der Waals surface area contributed by atoms with Gasteiger partial charge in [0.1, 0.15) is 5.15 Å². The molecule has 1 amide bonds. The van der Waals surface area contributed by atoms with E-state index < -0.39 is 0 Å². The van der Waals surface area contributed by atoms with Gasteiger partial charge in [-0.2, -0.15) is 0 Å². The Hall–Kier alpha value is -0.840. The number of amides is 1. The Morgan fingerprint density at radius 1 is 1.50 bits per heavy atom. The molecule has 1 N–H and O–H groups in total. The maximum atomic E-state index is 12.4. The SMILES string of the molecule is O=C(c1cc(Cl)ncc1Cl)N1CCCCC1CO. The van der Waals surface area contributed by atoms with E-state index in [1.807, 2.05) is 0 Å². The van der Waals surface area contributed by atoms with Gasteiger partial charge in [-0.05, 0) is 25.3 Å². The topological polar surface area (TPSA) is 53.4 Å². The molecule has 6 heteroatoms. The molecule has 0 bridgehead atoms. The number of pyridine rings is 1. The van der Waals surface area contributed by atoms with Crippen LogP contribution in [0, 0.1) is 0 Å². The first-order chi connectivity index (χ1) is 8.63. The summed E-state index contributed by atoms with van der Waals surface area (Å²) >= 11 is 11.8. The highest BCUT2D eigenvalue weighted by Crippen LogP contribution is 2.24. The van der Waals surface area contributed by atoms with Crippen LogP contribution in [0.25, 0.3) is 0 Å². The number of hydrogen-bond acceptors (Lipinski definition) is 3. The minimum absolute atomic E-state index is 0.0256. The fourth-order valence-electron chi connectivity index (χ4n) is 2.19. The molecule has 1 fully saturated rings. The Balaban J connectivity index is 2.26. The van der Waals surface area contributed by atoms with Crippen molar-refractivity contribution in [1.29, 1.82) is 0 Å². The Labute approximate surface area is 116 Å². The molecule has 0 saturated carbocycles. The summed E-state index contributed by atoms with van der Waals surface area (Å²) in [6.07, 6.45) is 4.16. The molecule has 0 aromatic carbocycles. The molecule has 98 valence electrons. The van der Waals surface area contributed by atoms with Crippen molar-refractivity contribution in [2.45, 2.75) is 25.3 Å². The lowest BCUT2D eigenvalue weighted by Gasteiger charge is -2.34. The number of aliphatic hydroxyl groups is 1. The summed E-state index contributed by atoms with van der Waals surface area (Å²) in [5, 5.41) is 9.84. The highest BCUT2D eigenvalue weighted by molar-refractivity contribution is 6.35. The summed E-state index contributed by atoms with van der Waals surface area (Å²) in [6.45, 7) is 0.614. The average Bonchev–Trinajstić information content (AvgIpc) is 2.40. The Bertz CT molecular complexity index is 454. The van der Waals surface area contributed by atoms with E-state index in [1.165, 1.54) is 12.3 Å². The lowest BCUT2D eigenvalue weighted by molar-refractivity contribution is 0.0503. The summed E-state index contributed by atoms with van der Waals surface area (Å²) in [6, 6.07) is 1.34. The lowest BCUT2D eigenvalue weighted by Crippen LogP contribution is -2.45. The standard InChI is InChI=1S/C12H14Cl2N2O2/c13-10-6-15-11(14)5-9(10)12(18)16-4-2-1-3-8(16)7-17/h5-6,8,17H,1-4,7H2. The maximum Gasteiger partial charge on any atom is 0.255 e. The van der Waals surface area contributed by atoms with Crippen LogP contribution in [0.3, 0.4) is 0 Å². The average molecular weight is 289 g/mol. The molecule has 0 spiro atoms. The zero-order valence-electron chi connectivity index (χ0n) is 9.77. The zero-order chi connectivity index (χ0) is 13.1. The first kappa shape index (κ1) is 13.6. The van der Waals surface area contributed by atoms with Crippen LogP contribution in [0.15, 0.2) is 12.3 Å². The van der Waals surface area contributed by atoms with Crippen molar-refractivity contribution in [2.24, 2.45) is 0 Å². The number of likely N-dealkylation sites (tertiary alicyclic amines) is 1. The van der Waals surface area contributed by atoms with E-state index >= 15 is 0 Å². The monoisotopic (exact) mass is 288 g/mol. The number of halogens is 2. The summed E-state index contributed by atoms with van der Waals surface area (Å²) in [5.74, 6) is -0.192. The third kappa shape index (κ3) is 2.76. The van der Waals surface area contributed by atoms with Crippen molar-refractivity contribution in [3.05, 3.63) is 28.0 Å². The van der Waals surface area contributed by atoms with Gasteiger partial charge in [-0.3, -0.25) is 4.79 Å². The normalized spacial score (nSPS) is 19.9. The van der Waals surface area contributed by atoms with Crippen molar-refractivity contribution >= 4 is 29.1 Å². The largest absolute Gasteiger partial charge is 0.394 e. The smallest absolute Gasteiger partial charge is 0.255 e. The van der Waals surface area contributed by atoms with E-state index in [0.29, 0.717) is 12.1 Å². The number of piperidine rings is 1. The van der Waals surface area contributed by atoms with Gasteiger partial charge < -0.3 is 10.0 Å². The van der Waals surface area contributed by atoms with Crippen LogP contribution in [0.1, 0.15) is 29.6 Å². The number of nitrogens with zero attached hydrogens (tertiary/aromatic N) is 2. The molecule has 1 aliphatic heterocycles. The van der Waals surface area contributed by atoms with Gasteiger partial charge in [0.25, 0.3) is 5.91 Å². The van der Waals surface area contributed by atoms with Crippen molar-refractivity contribution in [3.63, 3.8) is 0 Å². The number of carbonyl (C=O) groups excluding carboxylic acids is 1. The predicted octanol–water partition coefficient (Wildman–Crippen LogP) is 2.38. The molecule has 1 unspecified atom stereocenters. The molecule has 1 aromatic rings. The fraction of sp³-hybridized carbons (Fsp3) is 0.500. The van der Waals surface area contributed by atoms with Gasteiger partial charge in [0, 0.05) is 12.7 Å². The molecule has 1 saturated heterocycles. The van der Waals surface area contributed by atoms with Gasteiger partial charge in [-0.15, -0.1) is 0 Å². The lowest BCUT2D eigenvalue weighted by atomic mass is 10.0. The number of aliphatic hydroxyl groups excluding tert-OH is 1. The van der Waals surface area contributed by atoms with Crippen LogP contribution in [-0.2, 0) is 0 Å². The third-order valence-corrected chi connectivity index (χ3v) is 3.66. The number of carbonyl (C=O) groups is 1. The Morgan fingerprint density at radius 2 is 2.28 bits per heavy atom. The summed E-state index contributed by atoms with van der Waals surface area (Å²) in [5.41, 5.74) is 0.344. The number of rotatable bonds is 2. The van der Waals surface area contributed by atoms with Crippen LogP contribution in [-0.4, -0.2) is 40.1 Å². The van der Waals surface area contributed by atoms with Crippen molar-refractivity contribution < 1.29 is 9.90 Å². The van der Waals surface area contributed by atoms with E-state index in [1.54, 1.807) is 4.90 Å². The molecule has 0 radical (unpaired) electrons. The van der Waals surface area contributed by atoms with Gasteiger partial charge in [0.2, 0.25) is 0 Å². The first-order valence-corrected chi connectivity index (χ1v) is 6.62. The van der Waals surface area contributed by atoms with E-state index in [-0.39, 0.29) is 28.7 Å². The van der Waals surface area contributed by atoms with Crippen LogP contribution >= 0.6 is 23.2 Å². The Morgan fingerprint density at radius 3 is 3.00 bits per heavy atom. The van der Waals surface area contributed by atoms with Gasteiger partial charge >= 0.3 is 0 Å². The molecule has 1 aliphatic rings. The van der Waals surface area contributed by atoms with Crippen molar-refractivity contribution in [1.82, 2.24) is 9.88 Å². The highest BCUT2D eigenvalue weighted by Gasteiger charge is 2.28. The third-order valence-electron chi connectivity index (χ3n) is 3.15. The van der Waals surface area contributed by atoms with Crippen LogP contribution in [0.2, 0.25) is 10.2 Å². The second kappa shape index (κ2) is 5.87. The molecule has 1 atom stereocenters. The molecule has 1 aromatic heterocycles. The summed E-state index contributed by atoms with van der Waals surface area (Å²) in [4.78, 5) is 17.9. The molecule has 2 rings (SSSR count). The van der Waals surface area contributed by atoms with E-state index in [4.69, 9.17) is 23.2 Å². The van der Waals surface area contributed by atoms with Crippen molar-refractivity contribution in [2.75, 3.05) is 13.2 Å². The molecule has 18 heavy (non-hydrogen) atoms. The minimum atomic E-state index is -0.192. The van der Waals surface area contributed by atoms with Gasteiger partial charge in [-0.1, -0.05) is 23.2 Å². The maximum absolute atomic E-state index is 12.4. The van der Waals surface area contributed by atoms with Crippen LogP contribution < -0.4 is 0 Å². The Kier molecular flexibility index (Phi) is 4.43. The van der Waals surface area contributed by atoms with Crippen molar-refractivity contribution in [3.8, 4) is 0 Å². The van der Waals surface area contributed by atoms with E-state index in [9.17, 15) is 9.90 Å². The van der Waals surface area contributed by atoms with Gasteiger partial charge in [0.15, 0.2) is 0 Å². The second-order valence-electron chi connectivity index (χ2n) is 4.32. The van der Waals surface area contributed by atoms with Gasteiger partial charge in [-0.25, -0.2) is 4.98 Å². The summed E-state index contributed by atoms with van der Waals surface area (Å²) < 4.78 is 0. The second-order valence-corrected chi connectivity index (χ2v) is 5.11. The van der Waals surface area contributed by atoms with E-state index in [2.05, 4.69) is 4.98 Å².